The summed E-state index contributed by atoms with van der Waals surface area (Å²) in [6.45, 7) is 4.94. The zero-order valence-electron chi connectivity index (χ0n) is 19.9. The Morgan fingerprint density at radius 2 is 1.69 bits per heavy atom. The number of aryl methyl sites for hydroxylation is 1. The molecule has 4 heterocycles. The number of pyridine rings is 1. The van der Waals surface area contributed by atoms with E-state index in [9.17, 15) is 30.7 Å². The first-order valence-electron chi connectivity index (χ1n) is 10.7. The van der Waals surface area contributed by atoms with E-state index in [0.29, 0.717) is 13.1 Å². The molecule has 2 N–H and O–H groups in total. The Bertz CT molecular complexity index is 1220. The molecule has 3 aromatic heterocycles. The second-order valence-electron chi connectivity index (χ2n) is 7.84. The third-order valence-corrected chi connectivity index (χ3v) is 5.64. The molecule has 0 radical (unpaired) electrons. The molecule has 0 fully saturated rings. The summed E-state index contributed by atoms with van der Waals surface area (Å²) in [5, 5.41) is 17.4. The van der Waals surface area contributed by atoms with Crippen molar-refractivity contribution in [1.82, 2.24) is 19.4 Å². The van der Waals surface area contributed by atoms with Gasteiger partial charge in [0, 0.05) is 42.3 Å². The number of aliphatic carboxylic acids is 2. The van der Waals surface area contributed by atoms with Gasteiger partial charge in [-0.1, -0.05) is 0 Å². The Kier molecular flexibility index (Phi) is 10.8. The number of hydrogen-bond donors (Lipinski definition) is 2. The van der Waals surface area contributed by atoms with Crippen molar-refractivity contribution in [3.8, 4) is 5.88 Å². The normalized spacial score (nSPS) is 15.5. The first-order valence-corrected chi connectivity index (χ1v) is 11.6. The van der Waals surface area contributed by atoms with Gasteiger partial charge >= 0.3 is 24.3 Å². The average Bonchev–Trinajstić information content (AvgIpc) is 3.39. The highest BCUT2D eigenvalue weighted by Gasteiger charge is 2.38. The van der Waals surface area contributed by atoms with Gasteiger partial charge in [-0.25, -0.2) is 23.9 Å². The molecule has 0 amide bonds. The Morgan fingerprint density at radius 1 is 1.08 bits per heavy atom. The van der Waals surface area contributed by atoms with E-state index in [0.717, 1.165) is 23.8 Å². The lowest BCUT2D eigenvalue weighted by Crippen LogP contribution is -2.35. The van der Waals surface area contributed by atoms with E-state index < -0.39 is 30.1 Å². The molecule has 1 unspecified atom stereocenters. The third-order valence-electron chi connectivity index (χ3n) is 4.68. The van der Waals surface area contributed by atoms with Crippen LogP contribution in [0.3, 0.4) is 0 Å². The maximum atomic E-state index is 13.9. The molecule has 17 heteroatoms. The van der Waals surface area contributed by atoms with Crippen LogP contribution >= 0.6 is 11.3 Å². The van der Waals surface area contributed by atoms with Crippen molar-refractivity contribution < 1.29 is 55.3 Å². The number of hydrogen-bond acceptors (Lipinski definition) is 7. The highest BCUT2D eigenvalue weighted by Crippen LogP contribution is 2.21. The molecule has 214 valence electrons. The molecule has 9 nitrogen and oxygen atoms in total. The fourth-order valence-electron chi connectivity index (χ4n) is 3.11. The molecule has 4 rings (SSSR count). The summed E-state index contributed by atoms with van der Waals surface area (Å²) < 4.78 is 85.4. The highest BCUT2D eigenvalue weighted by molar-refractivity contribution is 7.09. The number of nitrogens with zero attached hydrogens (tertiary/aromatic N) is 4. The number of rotatable bonds is 4. The highest BCUT2D eigenvalue weighted by atomic mass is 32.1. The van der Waals surface area contributed by atoms with Crippen LogP contribution in [0, 0.1) is 12.7 Å². The standard InChI is InChI=1S/C18H19FN4OS.2C2HF3O2/c1-13-12-25-17(21-13)11-22-8-14-4-3-7-23(14)10-15(9-22)24-18-16(19)5-2-6-20-18;2*3-2(4,5)1(6)7/h2-7,12,15H,8-11H2,1H3;2*(H,6,7). The number of alkyl halides is 6. The first kappa shape index (κ1) is 31.5. The fraction of sp³-hybridized carbons (Fsp3) is 0.364. The molecule has 1 aliphatic rings. The van der Waals surface area contributed by atoms with Crippen LogP contribution in [0.25, 0.3) is 0 Å². The molecule has 1 atom stereocenters. The van der Waals surface area contributed by atoms with E-state index in [2.05, 4.69) is 30.9 Å². The van der Waals surface area contributed by atoms with Crippen molar-refractivity contribution in [2.45, 2.75) is 45.0 Å². The van der Waals surface area contributed by atoms with Crippen molar-refractivity contribution in [3.05, 3.63) is 64.3 Å². The molecule has 0 aromatic carbocycles. The smallest absolute Gasteiger partial charge is 0.475 e. The van der Waals surface area contributed by atoms with Crippen LogP contribution in [0.4, 0.5) is 30.7 Å². The third kappa shape index (κ3) is 10.5. The van der Waals surface area contributed by atoms with Crippen molar-refractivity contribution in [2.24, 2.45) is 0 Å². The van der Waals surface area contributed by atoms with Crippen molar-refractivity contribution >= 4 is 23.3 Å². The summed E-state index contributed by atoms with van der Waals surface area (Å²) in [4.78, 5) is 28.7. The maximum absolute atomic E-state index is 13.9. The lowest BCUT2D eigenvalue weighted by molar-refractivity contribution is -0.193. The summed E-state index contributed by atoms with van der Waals surface area (Å²) in [7, 11) is 0. The first-order chi connectivity index (χ1) is 18.1. The largest absolute Gasteiger partial charge is 0.490 e. The zero-order chi connectivity index (χ0) is 29.4. The van der Waals surface area contributed by atoms with Gasteiger partial charge in [0.25, 0.3) is 5.88 Å². The molecule has 0 saturated carbocycles. The maximum Gasteiger partial charge on any atom is 0.490 e. The number of carboxylic acid groups (broad SMARTS) is 2. The van der Waals surface area contributed by atoms with Crippen LogP contribution in [-0.4, -0.2) is 66.6 Å². The Hall–Kier alpha value is -3.73. The summed E-state index contributed by atoms with van der Waals surface area (Å²) in [6.07, 6.45) is -6.76. The minimum atomic E-state index is -5.08. The fourth-order valence-corrected chi connectivity index (χ4v) is 3.92. The predicted octanol–water partition coefficient (Wildman–Crippen LogP) is 4.52. The van der Waals surface area contributed by atoms with Gasteiger partial charge in [-0.15, -0.1) is 11.3 Å². The number of thiazole rings is 1. The molecular weight excluding hydrogens is 565 g/mol. The molecule has 39 heavy (non-hydrogen) atoms. The monoisotopic (exact) mass is 586 g/mol. The van der Waals surface area contributed by atoms with Gasteiger partial charge in [0.2, 0.25) is 0 Å². The minimum Gasteiger partial charge on any atom is -0.475 e. The average molecular weight is 586 g/mol. The second kappa shape index (κ2) is 13.4. The van der Waals surface area contributed by atoms with Gasteiger partial charge in [-0.05, 0) is 31.2 Å². The second-order valence-corrected chi connectivity index (χ2v) is 8.78. The van der Waals surface area contributed by atoms with Gasteiger partial charge < -0.3 is 19.5 Å². The van der Waals surface area contributed by atoms with Crippen LogP contribution in [0.2, 0.25) is 0 Å². The number of fused-ring (bicyclic) bond motifs is 1. The number of carboxylic acids is 2. The molecular formula is C22H21F7N4O5S. The predicted molar refractivity (Wildman–Crippen MR) is 121 cm³/mol. The lowest BCUT2D eigenvalue weighted by atomic mass is 10.3. The van der Waals surface area contributed by atoms with Crippen LogP contribution in [0.15, 0.2) is 42.0 Å². The summed E-state index contributed by atoms with van der Waals surface area (Å²) in [6, 6.07) is 7.08. The molecule has 3 aromatic rings. The zero-order valence-corrected chi connectivity index (χ0v) is 20.7. The molecule has 0 bridgehead atoms. The quantitative estimate of drug-likeness (QED) is 0.429. The topological polar surface area (TPSA) is 118 Å². The number of halogens is 7. The van der Waals surface area contributed by atoms with E-state index in [-0.39, 0.29) is 12.0 Å². The van der Waals surface area contributed by atoms with Gasteiger partial charge in [0.15, 0.2) is 5.82 Å². The Labute approximate surface area is 220 Å². The molecule has 0 aliphatic carbocycles. The van der Waals surface area contributed by atoms with E-state index >= 15 is 0 Å². The molecule has 0 spiro atoms. The van der Waals surface area contributed by atoms with Gasteiger partial charge in [0.1, 0.15) is 11.1 Å². The summed E-state index contributed by atoms with van der Waals surface area (Å²) in [5.41, 5.74) is 2.27. The van der Waals surface area contributed by atoms with Gasteiger partial charge in [-0.3, -0.25) is 4.90 Å². The van der Waals surface area contributed by atoms with E-state index in [1.807, 2.05) is 19.2 Å². The summed E-state index contributed by atoms with van der Waals surface area (Å²) >= 11 is 1.67. The van der Waals surface area contributed by atoms with E-state index in [4.69, 9.17) is 24.5 Å². The lowest BCUT2D eigenvalue weighted by Gasteiger charge is -2.23. The van der Waals surface area contributed by atoms with Crippen LogP contribution in [-0.2, 0) is 29.2 Å². The SMILES string of the molecule is Cc1csc(CN2Cc3cccn3CC(Oc3ncccc3F)C2)n1.O=C(O)C(F)(F)F.O=C(O)C(F)(F)F. The van der Waals surface area contributed by atoms with Crippen LogP contribution in [0.5, 0.6) is 5.88 Å². The number of aromatic nitrogens is 3. The van der Waals surface area contributed by atoms with Crippen LogP contribution < -0.4 is 4.74 Å². The van der Waals surface area contributed by atoms with Crippen molar-refractivity contribution in [1.29, 1.82) is 0 Å². The van der Waals surface area contributed by atoms with Crippen LogP contribution in [0.1, 0.15) is 16.4 Å². The van der Waals surface area contributed by atoms with Crippen molar-refractivity contribution in [2.75, 3.05) is 6.54 Å². The molecule has 0 saturated heterocycles. The Balaban J connectivity index is 0.000000317. The number of ether oxygens (including phenoxy) is 1. The summed E-state index contributed by atoms with van der Waals surface area (Å²) in [5.74, 6) is -5.88. The van der Waals surface area contributed by atoms with Gasteiger partial charge in [-0.2, -0.15) is 26.3 Å². The Morgan fingerprint density at radius 3 is 2.21 bits per heavy atom. The molecule has 1 aliphatic heterocycles. The minimum absolute atomic E-state index is 0.0631. The number of carbonyl (C=O) groups is 2. The van der Waals surface area contributed by atoms with Gasteiger partial charge in [0.05, 0.1) is 13.1 Å². The van der Waals surface area contributed by atoms with E-state index in [1.54, 1.807) is 23.6 Å². The van der Waals surface area contributed by atoms with Crippen molar-refractivity contribution in [3.63, 3.8) is 0 Å². The van der Waals surface area contributed by atoms with E-state index in [1.165, 1.54) is 11.8 Å².